The molecule has 38 heavy (non-hydrogen) atoms. The number of pyridine rings is 1. The molecule has 1 aliphatic rings. The van der Waals surface area contributed by atoms with E-state index >= 15 is 0 Å². The van der Waals surface area contributed by atoms with E-state index in [2.05, 4.69) is 15.0 Å². The summed E-state index contributed by atoms with van der Waals surface area (Å²) in [4.78, 5) is 40.1. The van der Waals surface area contributed by atoms with Crippen LogP contribution >= 0.6 is 11.6 Å². The Kier molecular flexibility index (Phi) is 10.1. The molecule has 1 atom stereocenters. The predicted octanol–water partition coefficient (Wildman–Crippen LogP) is 4.95. The maximum atomic E-state index is 12.7. The van der Waals surface area contributed by atoms with Crippen LogP contribution in [0.2, 0.25) is 5.02 Å². The average Bonchev–Trinajstić information content (AvgIpc) is 3.34. The minimum Gasteiger partial charge on any atom is -0.490 e. The van der Waals surface area contributed by atoms with Crippen LogP contribution in [0.1, 0.15) is 61.1 Å². The van der Waals surface area contributed by atoms with Crippen LogP contribution in [-0.2, 0) is 32.0 Å². The molecule has 0 radical (unpaired) electrons. The highest BCUT2D eigenvalue weighted by Gasteiger charge is 2.43. The molecule has 1 aromatic carbocycles. The number of amides is 1. The van der Waals surface area contributed by atoms with Gasteiger partial charge < -0.3 is 19.5 Å². The van der Waals surface area contributed by atoms with Crippen molar-refractivity contribution in [1.29, 1.82) is 0 Å². The number of aromatic nitrogens is 1. The van der Waals surface area contributed by atoms with Gasteiger partial charge in [-0.25, -0.2) is 9.59 Å². The first kappa shape index (κ1) is 29.4. The van der Waals surface area contributed by atoms with Gasteiger partial charge in [-0.2, -0.15) is 13.2 Å². The molecule has 1 aliphatic carbocycles. The normalized spacial score (nSPS) is 14.8. The summed E-state index contributed by atoms with van der Waals surface area (Å²) in [6, 6.07) is 7.95. The zero-order chi connectivity index (χ0) is 27.9. The van der Waals surface area contributed by atoms with Crippen LogP contribution < -0.4 is 10.1 Å². The van der Waals surface area contributed by atoms with Gasteiger partial charge in [0.25, 0.3) is 5.91 Å². The molecule has 2 aromatic rings. The molecule has 206 valence electrons. The van der Waals surface area contributed by atoms with Gasteiger partial charge in [-0.3, -0.25) is 9.78 Å². The Bertz CT molecular complexity index is 1150. The van der Waals surface area contributed by atoms with Gasteiger partial charge in [0.2, 0.25) is 0 Å². The minimum absolute atomic E-state index is 0.00996. The van der Waals surface area contributed by atoms with E-state index in [9.17, 15) is 27.6 Å². The van der Waals surface area contributed by atoms with E-state index in [-0.39, 0.29) is 29.7 Å². The lowest BCUT2D eigenvalue weighted by Crippen LogP contribution is -2.36. The smallest absolute Gasteiger partial charge is 0.490 e. The van der Waals surface area contributed by atoms with Gasteiger partial charge in [-0.05, 0) is 75.4 Å². The van der Waals surface area contributed by atoms with E-state index < -0.39 is 36.2 Å². The molecule has 0 spiro atoms. The molecule has 1 unspecified atom stereocenters. The summed E-state index contributed by atoms with van der Waals surface area (Å²) in [5.74, 6) is -3.91. The van der Waals surface area contributed by atoms with E-state index in [1.165, 1.54) is 12.3 Å². The van der Waals surface area contributed by atoms with Crippen molar-refractivity contribution < 1.29 is 41.8 Å². The molecular weight excluding hydrogens is 529 g/mol. The zero-order valence-electron chi connectivity index (χ0n) is 20.8. The topological polar surface area (TPSA) is 104 Å². The SMILES string of the molecule is CC(C)OC(Cc1ccnc(CNC(=O)c2ccc(OC3CCCC3)cc2Cl)c1)C(=O)OC(=O)C(F)(F)F. The highest BCUT2D eigenvalue weighted by atomic mass is 35.5. The molecule has 1 fully saturated rings. The van der Waals surface area contributed by atoms with Crippen LogP contribution in [0.25, 0.3) is 0 Å². The molecule has 0 aliphatic heterocycles. The summed E-state index contributed by atoms with van der Waals surface area (Å²) in [5.41, 5.74) is 1.14. The van der Waals surface area contributed by atoms with Crippen LogP contribution in [0.4, 0.5) is 13.2 Å². The van der Waals surface area contributed by atoms with E-state index in [0.717, 1.165) is 25.7 Å². The molecule has 1 aromatic heterocycles. The maximum Gasteiger partial charge on any atom is 0.491 e. The molecule has 1 saturated carbocycles. The molecule has 12 heteroatoms. The molecule has 1 amide bonds. The van der Waals surface area contributed by atoms with Crippen LogP contribution in [0, 0.1) is 0 Å². The monoisotopic (exact) mass is 556 g/mol. The number of nitrogens with one attached hydrogen (secondary N) is 1. The van der Waals surface area contributed by atoms with Crippen LogP contribution in [-0.4, -0.2) is 47.3 Å². The molecule has 3 rings (SSSR count). The molecule has 0 bridgehead atoms. The predicted molar refractivity (Wildman–Crippen MR) is 131 cm³/mol. The Hall–Kier alpha value is -3.18. The fraction of sp³-hybridized carbons (Fsp3) is 0.462. The zero-order valence-corrected chi connectivity index (χ0v) is 21.6. The first-order valence-corrected chi connectivity index (χ1v) is 12.5. The van der Waals surface area contributed by atoms with Crippen molar-refractivity contribution in [3.8, 4) is 5.75 Å². The summed E-state index contributed by atoms with van der Waals surface area (Å²) in [5, 5.41) is 2.94. The van der Waals surface area contributed by atoms with Crippen molar-refractivity contribution in [1.82, 2.24) is 10.3 Å². The Labute approximate surface area is 222 Å². The molecular formula is C26H28ClF3N2O6. The van der Waals surface area contributed by atoms with Crippen molar-refractivity contribution in [2.75, 3.05) is 0 Å². The van der Waals surface area contributed by atoms with Gasteiger partial charge in [0.1, 0.15) is 5.75 Å². The lowest BCUT2D eigenvalue weighted by Gasteiger charge is -2.19. The van der Waals surface area contributed by atoms with Crippen molar-refractivity contribution in [3.63, 3.8) is 0 Å². The Balaban J connectivity index is 1.61. The third-order valence-electron chi connectivity index (χ3n) is 5.65. The van der Waals surface area contributed by atoms with Gasteiger partial charge in [0.15, 0.2) is 6.10 Å². The number of carbonyl (C=O) groups is 3. The number of esters is 2. The Morgan fingerprint density at radius 1 is 1.13 bits per heavy atom. The maximum absolute atomic E-state index is 12.7. The first-order chi connectivity index (χ1) is 17.9. The number of hydrogen-bond donors (Lipinski definition) is 1. The lowest BCUT2D eigenvalue weighted by molar-refractivity contribution is -0.205. The second-order valence-corrected chi connectivity index (χ2v) is 9.50. The average molecular weight is 557 g/mol. The van der Waals surface area contributed by atoms with Crippen molar-refractivity contribution in [2.45, 2.75) is 77.0 Å². The van der Waals surface area contributed by atoms with Crippen LogP contribution in [0.3, 0.4) is 0 Å². The Morgan fingerprint density at radius 2 is 1.84 bits per heavy atom. The number of ether oxygens (including phenoxy) is 3. The lowest BCUT2D eigenvalue weighted by atomic mass is 10.1. The fourth-order valence-electron chi connectivity index (χ4n) is 3.91. The number of nitrogens with zero attached hydrogens (tertiary/aromatic N) is 1. The quantitative estimate of drug-likeness (QED) is 0.326. The highest BCUT2D eigenvalue weighted by Crippen LogP contribution is 2.28. The second kappa shape index (κ2) is 13.1. The summed E-state index contributed by atoms with van der Waals surface area (Å²) in [6.07, 6.45) is -1.69. The Morgan fingerprint density at radius 3 is 2.47 bits per heavy atom. The molecule has 1 N–H and O–H groups in total. The third kappa shape index (κ3) is 8.70. The van der Waals surface area contributed by atoms with Crippen LogP contribution in [0.15, 0.2) is 36.5 Å². The van der Waals surface area contributed by atoms with Gasteiger partial charge in [-0.15, -0.1) is 0 Å². The van der Waals surface area contributed by atoms with Gasteiger partial charge in [0.05, 0.1) is 35.0 Å². The van der Waals surface area contributed by atoms with E-state index in [0.29, 0.717) is 17.0 Å². The number of hydrogen-bond acceptors (Lipinski definition) is 7. The first-order valence-electron chi connectivity index (χ1n) is 12.1. The van der Waals surface area contributed by atoms with Crippen molar-refractivity contribution in [2.24, 2.45) is 0 Å². The number of carbonyl (C=O) groups excluding carboxylic acids is 3. The summed E-state index contributed by atoms with van der Waals surface area (Å²) in [7, 11) is 0. The number of rotatable bonds is 10. The fourth-order valence-corrected chi connectivity index (χ4v) is 4.17. The van der Waals surface area contributed by atoms with Gasteiger partial charge in [0, 0.05) is 12.6 Å². The molecule has 8 nitrogen and oxygen atoms in total. The van der Waals surface area contributed by atoms with Crippen LogP contribution in [0.5, 0.6) is 5.75 Å². The van der Waals surface area contributed by atoms with Crippen molar-refractivity contribution in [3.05, 3.63) is 58.4 Å². The third-order valence-corrected chi connectivity index (χ3v) is 5.96. The standard InChI is InChI=1S/C26H28ClF3N2O6/c1-15(2)36-22(24(34)38-25(35)26(28,29)30)12-16-9-10-31-17(11-16)14-32-23(33)20-8-7-19(13-21(20)27)37-18-5-3-4-6-18/h7-11,13,15,18,22H,3-6,12,14H2,1-2H3,(H,32,33). The number of alkyl halides is 3. The number of halogens is 4. The van der Waals surface area contributed by atoms with Gasteiger partial charge in [-0.1, -0.05) is 11.6 Å². The molecule has 0 saturated heterocycles. The van der Waals surface area contributed by atoms with Gasteiger partial charge >= 0.3 is 18.1 Å². The summed E-state index contributed by atoms with van der Waals surface area (Å²) in [6.45, 7) is 3.17. The summed E-state index contributed by atoms with van der Waals surface area (Å²) < 4.78 is 52.7. The second-order valence-electron chi connectivity index (χ2n) is 9.09. The highest BCUT2D eigenvalue weighted by molar-refractivity contribution is 6.34. The van der Waals surface area contributed by atoms with E-state index in [4.69, 9.17) is 21.1 Å². The largest absolute Gasteiger partial charge is 0.491 e. The van der Waals surface area contributed by atoms with Crippen molar-refractivity contribution >= 4 is 29.4 Å². The number of benzene rings is 1. The molecule has 1 heterocycles. The minimum atomic E-state index is -5.31. The van der Waals surface area contributed by atoms with E-state index in [1.54, 1.807) is 38.1 Å². The summed E-state index contributed by atoms with van der Waals surface area (Å²) >= 11 is 6.30. The van der Waals surface area contributed by atoms with E-state index in [1.807, 2.05) is 0 Å².